The molecule has 1 aromatic carbocycles. The molecule has 0 saturated carbocycles. The van der Waals surface area contributed by atoms with Crippen molar-refractivity contribution in [2.24, 2.45) is 5.73 Å². The van der Waals surface area contributed by atoms with E-state index >= 15 is 0 Å². The molecule has 5 heteroatoms. The van der Waals surface area contributed by atoms with E-state index in [-0.39, 0.29) is 12.5 Å². The molecule has 0 saturated heterocycles. The minimum atomic E-state index is -0.422. The first-order chi connectivity index (χ1) is 9.58. The number of nitrogens with zero attached hydrogens (tertiary/aromatic N) is 1. The molecule has 106 valence electrons. The van der Waals surface area contributed by atoms with Gasteiger partial charge in [-0.15, -0.1) is 0 Å². The molecule has 0 spiro atoms. The van der Waals surface area contributed by atoms with E-state index in [2.05, 4.69) is 11.8 Å². The van der Waals surface area contributed by atoms with Gasteiger partial charge >= 0.3 is 5.97 Å². The average Bonchev–Trinajstić information content (AvgIpc) is 2.45. The molecule has 20 heavy (non-hydrogen) atoms. The monoisotopic (exact) mass is 274 g/mol. The smallest absolute Gasteiger partial charge is 0.325 e. The second-order valence-corrected chi connectivity index (χ2v) is 4.05. The highest BCUT2D eigenvalue weighted by Gasteiger charge is 2.15. The fourth-order valence-electron chi connectivity index (χ4n) is 1.54. The average molecular weight is 274 g/mol. The van der Waals surface area contributed by atoms with Crippen molar-refractivity contribution >= 4 is 11.9 Å². The molecule has 0 atom stereocenters. The first-order valence-corrected chi connectivity index (χ1v) is 6.28. The molecule has 0 aromatic heterocycles. The standard InChI is InChI=1S/C15H18N2O3/c1-3-20-14(18)11-17(2)15(19)13-8-6-12(7-9-13)5-4-10-16/h6-9H,3,10-11,16H2,1-2H3. The number of hydrogen-bond donors (Lipinski definition) is 1. The lowest BCUT2D eigenvalue weighted by Crippen LogP contribution is -2.33. The van der Waals surface area contributed by atoms with Gasteiger partial charge in [0.25, 0.3) is 5.91 Å². The Morgan fingerprint density at radius 3 is 2.50 bits per heavy atom. The van der Waals surface area contributed by atoms with Gasteiger partial charge in [-0.2, -0.15) is 0 Å². The zero-order valence-electron chi connectivity index (χ0n) is 11.7. The Balaban J connectivity index is 2.69. The summed E-state index contributed by atoms with van der Waals surface area (Å²) in [5, 5.41) is 0. The molecule has 1 aromatic rings. The van der Waals surface area contributed by atoms with Crippen molar-refractivity contribution < 1.29 is 14.3 Å². The number of carbonyl (C=O) groups is 2. The van der Waals surface area contributed by atoms with E-state index in [1.54, 1.807) is 38.2 Å². The second kappa shape index (κ2) is 7.97. The van der Waals surface area contributed by atoms with Crippen LogP contribution >= 0.6 is 0 Å². The molecule has 1 amide bonds. The molecule has 0 fully saturated rings. The Morgan fingerprint density at radius 1 is 1.30 bits per heavy atom. The molecule has 0 aliphatic heterocycles. The number of rotatable bonds is 4. The lowest BCUT2D eigenvalue weighted by molar-refractivity contribution is -0.143. The molecular formula is C15H18N2O3. The summed E-state index contributed by atoms with van der Waals surface area (Å²) in [5.74, 6) is 4.95. The third-order valence-corrected chi connectivity index (χ3v) is 2.48. The van der Waals surface area contributed by atoms with Crippen LogP contribution in [0.25, 0.3) is 0 Å². The minimum Gasteiger partial charge on any atom is -0.465 e. The van der Waals surface area contributed by atoms with E-state index in [4.69, 9.17) is 10.5 Å². The van der Waals surface area contributed by atoms with Crippen molar-refractivity contribution in [3.8, 4) is 11.8 Å². The number of hydrogen-bond acceptors (Lipinski definition) is 4. The third-order valence-electron chi connectivity index (χ3n) is 2.48. The molecule has 0 radical (unpaired) electrons. The largest absolute Gasteiger partial charge is 0.465 e. The van der Waals surface area contributed by atoms with Gasteiger partial charge in [-0.1, -0.05) is 11.8 Å². The summed E-state index contributed by atoms with van der Waals surface area (Å²) in [6, 6.07) is 6.83. The van der Waals surface area contributed by atoms with Crippen LogP contribution in [0.5, 0.6) is 0 Å². The zero-order valence-corrected chi connectivity index (χ0v) is 11.7. The number of nitrogens with two attached hydrogens (primary N) is 1. The Labute approximate surface area is 118 Å². The van der Waals surface area contributed by atoms with Crippen LogP contribution in [0.2, 0.25) is 0 Å². The minimum absolute atomic E-state index is 0.0681. The molecule has 0 bridgehead atoms. The topological polar surface area (TPSA) is 72.6 Å². The van der Waals surface area contributed by atoms with E-state index in [9.17, 15) is 9.59 Å². The summed E-state index contributed by atoms with van der Waals surface area (Å²) >= 11 is 0. The fourth-order valence-corrected chi connectivity index (χ4v) is 1.54. The first kappa shape index (κ1) is 15.7. The van der Waals surface area contributed by atoms with Gasteiger partial charge in [-0.3, -0.25) is 9.59 Å². The third kappa shape index (κ3) is 4.75. The van der Waals surface area contributed by atoms with Gasteiger partial charge in [0.2, 0.25) is 0 Å². The summed E-state index contributed by atoms with van der Waals surface area (Å²) in [6.07, 6.45) is 0. The van der Waals surface area contributed by atoms with Crippen molar-refractivity contribution in [3.63, 3.8) is 0 Å². The molecule has 1 rings (SSSR count). The van der Waals surface area contributed by atoms with E-state index in [0.29, 0.717) is 18.7 Å². The fraction of sp³-hybridized carbons (Fsp3) is 0.333. The number of ether oxygens (including phenoxy) is 1. The van der Waals surface area contributed by atoms with Gasteiger partial charge < -0.3 is 15.4 Å². The van der Waals surface area contributed by atoms with Crippen LogP contribution in [0.4, 0.5) is 0 Å². The highest BCUT2D eigenvalue weighted by atomic mass is 16.5. The van der Waals surface area contributed by atoms with Crippen LogP contribution in [0, 0.1) is 11.8 Å². The van der Waals surface area contributed by atoms with Crippen LogP contribution in [-0.4, -0.2) is 43.5 Å². The van der Waals surface area contributed by atoms with E-state index in [1.807, 2.05) is 0 Å². The maximum Gasteiger partial charge on any atom is 0.325 e. The quantitative estimate of drug-likeness (QED) is 0.645. The Kier molecular flexibility index (Phi) is 6.27. The number of amides is 1. The van der Waals surface area contributed by atoms with Crippen molar-refractivity contribution in [2.45, 2.75) is 6.92 Å². The molecule has 0 unspecified atom stereocenters. The summed E-state index contributed by atoms with van der Waals surface area (Å²) in [4.78, 5) is 24.7. The van der Waals surface area contributed by atoms with E-state index in [0.717, 1.165) is 5.56 Å². The predicted molar refractivity (Wildman–Crippen MR) is 76.0 cm³/mol. The number of likely N-dealkylation sites (N-methyl/N-ethyl adjacent to an activating group) is 1. The Hall–Kier alpha value is -2.32. The predicted octanol–water partition coefficient (Wildman–Crippen LogP) is 0.632. The SMILES string of the molecule is CCOC(=O)CN(C)C(=O)c1ccc(C#CCN)cc1. The summed E-state index contributed by atoms with van der Waals surface area (Å²) in [6.45, 7) is 2.25. The van der Waals surface area contributed by atoms with Gasteiger partial charge in [0.1, 0.15) is 6.54 Å². The van der Waals surface area contributed by atoms with Crippen LogP contribution in [-0.2, 0) is 9.53 Å². The van der Waals surface area contributed by atoms with Gasteiger partial charge in [-0.05, 0) is 31.2 Å². The van der Waals surface area contributed by atoms with Gasteiger partial charge in [0.05, 0.1) is 13.2 Å². The highest BCUT2D eigenvalue weighted by Crippen LogP contribution is 2.06. The Morgan fingerprint density at radius 2 is 1.95 bits per heavy atom. The van der Waals surface area contributed by atoms with Crippen molar-refractivity contribution in [3.05, 3.63) is 35.4 Å². The molecule has 0 aliphatic carbocycles. The molecule has 2 N–H and O–H groups in total. The lowest BCUT2D eigenvalue weighted by atomic mass is 10.1. The molecular weight excluding hydrogens is 256 g/mol. The van der Waals surface area contributed by atoms with Crippen molar-refractivity contribution in [1.29, 1.82) is 0 Å². The number of esters is 1. The van der Waals surface area contributed by atoms with Crippen LogP contribution < -0.4 is 5.73 Å². The molecule has 0 heterocycles. The molecule has 0 aliphatic rings. The second-order valence-electron chi connectivity index (χ2n) is 4.05. The molecule has 5 nitrogen and oxygen atoms in total. The van der Waals surface area contributed by atoms with Crippen LogP contribution in [0.1, 0.15) is 22.8 Å². The van der Waals surface area contributed by atoms with Gasteiger partial charge in [0.15, 0.2) is 0 Å². The summed E-state index contributed by atoms with van der Waals surface area (Å²) < 4.78 is 4.80. The first-order valence-electron chi connectivity index (χ1n) is 6.28. The Bertz CT molecular complexity index is 526. The van der Waals surface area contributed by atoms with Gasteiger partial charge in [-0.25, -0.2) is 0 Å². The zero-order chi connectivity index (χ0) is 15.0. The summed E-state index contributed by atoms with van der Waals surface area (Å²) in [5.41, 5.74) is 6.57. The number of carbonyl (C=O) groups excluding carboxylic acids is 2. The van der Waals surface area contributed by atoms with E-state index in [1.165, 1.54) is 4.90 Å². The normalized spacial score (nSPS) is 9.35. The number of benzene rings is 1. The van der Waals surface area contributed by atoms with Crippen molar-refractivity contribution in [1.82, 2.24) is 4.90 Å². The van der Waals surface area contributed by atoms with Crippen molar-refractivity contribution in [2.75, 3.05) is 26.7 Å². The summed E-state index contributed by atoms with van der Waals surface area (Å²) in [7, 11) is 1.56. The van der Waals surface area contributed by atoms with Crippen LogP contribution in [0.3, 0.4) is 0 Å². The lowest BCUT2D eigenvalue weighted by Gasteiger charge is -2.16. The highest BCUT2D eigenvalue weighted by molar-refractivity contribution is 5.95. The van der Waals surface area contributed by atoms with Crippen LogP contribution in [0.15, 0.2) is 24.3 Å². The van der Waals surface area contributed by atoms with Gasteiger partial charge in [0, 0.05) is 18.2 Å². The maximum absolute atomic E-state index is 12.1. The maximum atomic E-state index is 12.1. The van der Waals surface area contributed by atoms with E-state index < -0.39 is 5.97 Å².